The molecule has 0 fully saturated rings. The molecule has 0 amide bonds. The van der Waals surface area contributed by atoms with Crippen LogP contribution in [0.4, 0.5) is 18.9 Å². The van der Waals surface area contributed by atoms with Crippen molar-refractivity contribution in [3.05, 3.63) is 106 Å². The van der Waals surface area contributed by atoms with Gasteiger partial charge >= 0.3 is 6.18 Å². The average Bonchev–Trinajstić information content (AvgIpc) is 3.17. The van der Waals surface area contributed by atoms with Gasteiger partial charge in [-0.05, 0) is 35.7 Å². The van der Waals surface area contributed by atoms with Crippen LogP contribution < -0.4 is 4.72 Å². The first-order valence-electron chi connectivity index (χ1n) is 10.2. The monoisotopic (exact) mass is 487 g/mol. The number of nitrogens with one attached hydrogen (secondary N) is 1. The molecule has 4 aromatic rings. The Kier molecular flexibility index (Phi) is 6.65. The first-order chi connectivity index (χ1) is 16.2. The van der Waals surface area contributed by atoms with E-state index in [1.807, 2.05) is 6.07 Å². The summed E-state index contributed by atoms with van der Waals surface area (Å²) < 4.78 is 46.9. The lowest BCUT2D eigenvalue weighted by Gasteiger charge is -2.30. The molecule has 6 nitrogen and oxygen atoms in total. The van der Waals surface area contributed by atoms with Gasteiger partial charge in [-0.1, -0.05) is 48.5 Å². The van der Waals surface area contributed by atoms with Gasteiger partial charge in [-0.2, -0.15) is 13.2 Å². The number of aromatic nitrogens is 1. The van der Waals surface area contributed by atoms with Crippen LogP contribution in [0, 0.1) is 10.1 Å². The molecule has 0 spiro atoms. The molecule has 2 N–H and O–H groups in total. The lowest BCUT2D eigenvalue weighted by atomic mass is 9.92. The molecule has 176 valence electrons. The number of nitrogens with zero attached hydrogens (tertiary/aromatic N) is 2. The maximum Gasteiger partial charge on any atom is 0.422 e. The molecule has 0 aliphatic rings. The molecule has 0 aliphatic carbocycles. The fraction of sp³-hybridized carbons (Fsp3) is 0.167. The molecule has 0 bridgehead atoms. The van der Waals surface area contributed by atoms with Gasteiger partial charge in [0.15, 0.2) is 0 Å². The molecular formula is C24H20F3N3O3S. The van der Waals surface area contributed by atoms with Gasteiger partial charge in [0.1, 0.15) is 0 Å². The number of nitro groups is 1. The number of benzene rings is 3. The Hall–Kier alpha value is -3.34. The number of nitro benzene ring substituents is 1. The number of halogens is 3. The Labute approximate surface area is 197 Å². The van der Waals surface area contributed by atoms with Crippen LogP contribution in [0.5, 0.6) is 0 Å². The zero-order chi connectivity index (χ0) is 24.3. The number of fused-ring (bicyclic) bond motifs is 1. The lowest BCUT2D eigenvalue weighted by molar-refractivity contribution is -0.384. The van der Waals surface area contributed by atoms with Gasteiger partial charge < -0.3 is 9.67 Å². The number of non-ortho nitro benzene ring substituents is 1. The second kappa shape index (κ2) is 9.49. The molecule has 0 saturated heterocycles. The van der Waals surface area contributed by atoms with Gasteiger partial charge in [-0.15, -0.1) is 0 Å². The predicted octanol–water partition coefficient (Wildman–Crippen LogP) is 5.64. The third kappa shape index (κ3) is 4.79. The third-order valence-electron chi connectivity index (χ3n) is 5.45. The Bertz CT molecular complexity index is 1300. The summed E-state index contributed by atoms with van der Waals surface area (Å²) in [6.45, 7) is -0.643. The van der Waals surface area contributed by atoms with Gasteiger partial charge in [-0.3, -0.25) is 14.8 Å². The summed E-state index contributed by atoms with van der Waals surface area (Å²) in [5.41, 5.74) is -2.83. The van der Waals surface area contributed by atoms with Crippen molar-refractivity contribution in [1.82, 2.24) is 9.29 Å². The van der Waals surface area contributed by atoms with Crippen molar-refractivity contribution in [3.8, 4) is 0 Å². The first kappa shape index (κ1) is 23.8. The molecule has 0 saturated carbocycles. The minimum atomic E-state index is -5.01. The molecule has 34 heavy (non-hydrogen) atoms. The summed E-state index contributed by atoms with van der Waals surface area (Å²) in [5, 5.41) is 22.4. The largest absolute Gasteiger partial charge is 0.422 e. The number of rotatable bonds is 8. The Morgan fingerprint density at radius 2 is 1.65 bits per heavy atom. The van der Waals surface area contributed by atoms with Crippen molar-refractivity contribution in [2.75, 3.05) is 6.54 Å². The highest BCUT2D eigenvalue weighted by molar-refractivity contribution is 7.97. The normalized spacial score (nSPS) is 13.6. The zero-order valence-electron chi connectivity index (χ0n) is 17.7. The van der Waals surface area contributed by atoms with Crippen molar-refractivity contribution >= 4 is 28.5 Å². The van der Waals surface area contributed by atoms with E-state index >= 15 is 0 Å². The fourth-order valence-corrected chi connectivity index (χ4v) is 4.44. The van der Waals surface area contributed by atoms with Crippen molar-refractivity contribution in [3.63, 3.8) is 0 Å². The van der Waals surface area contributed by atoms with Crippen LogP contribution in [0.1, 0.15) is 11.1 Å². The standard InChI is InChI=1S/C24H20F3N3O3S/c25-24(26,27)23(31,16-28-34-19-9-5-2-6-10-19)21-15-29(14-17-7-3-1-4-8-17)22-13-18(30(32)33)11-12-20(21)22/h1-13,15,28,31H,14,16H2. The van der Waals surface area contributed by atoms with Gasteiger partial charge in [-0.25, -0.2) is 0 Å². The van der Waals surface area contributed by atoms with Crippen LogP contribution in [0.15, 0.2) is 90.0 Å². The number of hydrogen-bond donors (Lipinski definition) is 2. The molecule has 1 unspecified atom stereocenters. The van der Waals surface area contributed by atoms with Gasteiger partial charge in [0.25, 0.3) is 5.69 Å². The van der Waals surface area contributed by atoms with E-state index in [1.165, 1.54) is 22.9 Å². The second-order valence-corrected chi connectivity index (χ2v) is 8.67. The van der Waals surface area contributed by atoms with Gasteiger partial charge in [0.05, 0.1) is 10.4 Å². The van der Waals surface area contributed by atoms with Crippen LogP contribution in [0.2, 0.25) is 0 Å². The molecule has 1 atom stereocenters. The molecule has 3 aromatic carbocycles. The lowest BCUT2D eigenvalue weighted by Crippen LogP contribution is -2.48. The molecule has 0 aliphatic heterocycles. The highest BCUT2D eigenvalue weighted by Crippen LogP contribution is 2.43. The van der Waals surface area contributed by atoms with E-state index in [2.05, 4.69) is 4.72 Å². The molecule has 10 heteroatoms. The zero-order valence-corrected chi connectivity index (χ0v) is 18.5. The number of hydrogen-bond acceptors (Lipinski definition) is 5. The minimum Gasteiger partial charge on any atom is -0.375 e. The summed E-state index contributed by atoms with van der Waals surface area (Å²) >= 11 is 0.973. The third-order valence-corrected chi connectivity index (χ3v) is 6.24. The molecular weight excluding hydrogens is 467 g/mol. The van der Waals surface area contributed by atoms with Crippen molar-refractivity contribution in [1.29, 1.82) is 0 Å². The number of aliphatic hydroxyl groups is 1. The molecule has 1 aromatic heterocycles. The quantitative estimate of drug-likeness (QED) is 0.191. The summed E-state index contributed by atoms with van der Waals surface area (Å²) in [6, 6.07) is 21.4. The molecule has 4 rings (SSSR count). The van der Waals surface area contributed by atoms with Crippen molar-refractivity contribution in [2.24, 2.45) is 0 Å². The first-order valence-corrected chi connectivity index (χ1v) is 11.1. The van der Waals surface area contributed by atoms with Crippen LogP contribution in [-0.4, -0.2) is 27.3 Å². The van der Waals surface area contributed by atoms with E-state index in [0.29, 0.717) is 4.90 Å². The summed E-state index contributed by atoms with van der Waals surface area (Å²) in [4.78, 5) is 11.4. The van der Waals surface area contributed by atoms with Gasteiger partial charge in [0.2, 0.25) is 5.60 Å². The Morgan fingerprint density at radius 1 is 1.00 bits per heavy atom. The summed E-state index contributed by atoms with van der Waals surface area (Å²) in [6.07, 6.45) is -3.78. The van der Waals surface area contributed by atoms with Crippen LogP contribution >= 0.6 is 11.9 Å². The molecule has 0 radical (unpaired) electrons. The molecule has 1 heterocycles. The highest BCUT2D eigenvalue weighted by Gasteiger charge is 2.56. The topological polar surface area (TPSA) is 80.3 Å². The maximum absolute atomic E-state index is 14.3. The SMILES string of the molecule is O=[N+]([O-])c1ccc2c(C(O)(CNSc3ccccc3)C(F)(F)F)cn(Cc3ccccc3)c2c1. The maximum atomic E-state index is 14.3. The fourth-order valence-electron chi connectivity index (χ4n) is 3.69. The Balaban J connectivity index is 1.78. The van der Waals surface area contributed by atoms with Crippen molar-refractivity contribution < 1.29 is 23.2 Å². The highest BCUT2D eigenvalue weighted by atomic mass is 32.2. The van der Waals surface area contributed by atoms with E-state index in [0.717, 1.165) is 23.6 Å². The van der Waals surface area contributed by atoms with E-state index in [4.69, 9.17) is 0 Å². The van der Waals surface area contributed by atoms with Gasteiger partial charge in [0, 0.05) is 47.3 Å². The predicted molar refractivity (Wildman–Crippen MR) is 124 cm³/mol. The van der Waals surface area contributed by atoms with Crippen molar-refractivity contribution in [2.45, 2.75) is 23.2 Å². The van der Waals surface area contributed by atoms with E-state index in [1.54, 1.807) is 54.6 Å². The number of alkyl halides is 3. The van der Waals surface area contributed by atoms with Crippen LogP contribution in [-0.2, 0) is 12.1 Å². The Morgan fingerprint density at radius 3 is 2.26 bits per heavy atom. The van der Waals surface area contributed by atoms with E-state index in [9.17, 15) is 28.4 Å². The van der Waals surface area contributed by atoms with E-state index < -0.39 is 23.2 Å². The van der Waals surface area contributed by atoms with Crippen LogP contribution in [0.3, 0.4) is 0 Å². The average molecular weight is 488 g/mol. The smallest absolute Gasteiger partial charge is 0.375 e. The second-order valence-electron chi connectivity index (χ2n) is 7.71. The van der Waals surface area contributed by atoms with Crippen LogP contribution in [0.25, 0.3) is 10.9 Å². The van der Waals surface area contributed by atoms with E-state index in [-0.39, 0.29) is 28.7 Å². The minimum absolute atomic E-state index is 0.0906. The summed E-state index contributed by atoms with van der Waals surface area (Å²) in [5.74, 6) is 0. The summed E-state index contributed by atoms with van der Waals surface area (Å²) in [7, 11) is 0.